The topological polar surface area (TPSA) is 149 Å². The molecule has 1 saturated heterocycles. The van der Waals surface area contributed by atoms with Gasteiger partial charge in [0.2, 0.25) is 5.91 Å². The minimum atomic E-state index is -1.56. The Labute approximate surface area is 241 Å². The zero-order valence-corrected chi connectivity index (χ0v) is 24.8. The van der Waals surface area contributed by atoms with Crippen LogP contribution in [-0.2, 0) is 14.3 Å². The molecule has 7 atom stereocenters. The first kappa shape index (κ1) is 36.7. The van der Waals surface area contributed by atoms with Crippen LogP contribution in [0.5, 0.6) is 0 Å². The second kappa shape index (κ2) is 23.3. The molecule has 0 saturated carbocycles. The summed E-state index contributed by atoms with van der Waals surface area (Å²) in [7, 11) is 0. The summed E-state index contributed by atoms with van der Waals surface area (Å²) < 4.78 is 11.0. The first-order valence-corrected chi connectivity index (χ1v) is 15.6. The molecule has 1 aliphatic heterocycles. The molecule has 234 valence electrons. The molecule has 0 spiro atoms. The molecule has 6 N–H and O–H groups in total. The van der Waals surface area contributed by atoms with Crippen LogP contribution in [0.2, 0.25) is 0 Å². The Morgan fingerprint density at radius 1 is 0.825 bits per heavy atom. The van der Waals surface area contributed by atoms with E-state index < -0.39 is 49.5 Å². The molecule has 0 radical (unpaired) electrons. The summed E-state index contributed by atoms with van der Waals surface area (Å²) in [6.07, 6.45) is 16.3. The number of aliphatic hydroxyl groups is 5. The first-order valence-electron chi connectivity index (χ1n) is 15.6. The van der Waals surface area contributed by atoms with Crippen LogP contribution in [0.15, 0.2) is 24.3 Å². The molecule has 7 unspecified atom stereocenters. The van der Waals surface area contributed by atoms with Gasteiger partial charge in [0, 0.05) is 6.42 Å². The average Bonchev–Trinajstić information content (AvgIpc) is 2.95. The van der Waals surface area contributed by atoms with Crippen molar-refractivity contribution < 1.29 is 39.8 Å². The fraction of sp³-hybridized carbons (Fsp3) is 0.839. The number of aliphatic hydroxyl groups excluding tert-OH is 5. The van der Waals surface area contributed by atoms with E-state index in [0.29, 0.717) is 12.8 Å². The molecule has 9 heteroatoms. The minimum Gasteiger partial charge on any atom is -0.394 e. The molecular weight excluding hydrogens is 514 g/mol. The average molecular weight is 572 g/mol. The van der Waals surface area contributed by atoms with Crippen molar-refractivity contribution in [1.29, 1.82) is 0 Å². The number of amides is 1. The van der Waals surface area contributed by atoms with Crippen molar-refractivity contribution in [2.24, 2.45) is 0 Å². The van der Waals surface area contributed by atoms with Gasteiger partial charge in [0.25, 0.3) is 0 Å². The molecule has 1 heterocycles. The van der Waals surface area contributed by atoms with Gasteiger partial charge in [-0.25, -0.2) is 0 Å². The van der Waals surface area contributed by atoms with E-state index in [1.165, 1.54) is 57.8 Å². The third-order valence-corrected chi connectivity index (χ3v) is 7.28. The fourth-order valence-electron chi connectivity index (χ4n) is 4.62. The van der Waals surface area contributed by atoms with Crippen molar-refractivity contribution in [2.75, 3.05) is 13.2 Å². The van der Waals surface area contributed by atoms with Gasteiger partial charge < -0.3 is 40.3 Å². The number of hydrogen-bond acceptors (Lipinski definition) is 8. The van der Waals surface area contributed by atoms with Gasteiger partial charge in [0.15, 0.2) is 6.29 Å². The summed E-state index contributed by atoms with van der Waals surface area (Å²) in [5.74, 6) is -0.226. The summed E-state index contributed by atoms with van der Waals surface area (Å²) in [5, 5.41) is 53.0. The molecule has 1 amide bonds. The number of carbonyl (C=O) groups excluding carboxylic acids is 1. The van der Waals surface area contributed by atoms with E-state index in [4.69, 9.17) is 9.47 Å². The predicted molar refractivity (Wildman–Crippen MR) is 157 cm³/mol. The van der Waals surface area contributed by atoms with E-state index in [2.05, 4.69) is 24.4 Å². The molecular formula is C31H57NO8. The van der Waals surface area contributed by atoms with Crippen LogP contribution in [0.25, 0.3) is 0 Å². The van der Waals surface area contributed by atoms with Crippen LogP contribution in [0.4, 0.5) is 0 Å². The molecule has 0 aromatic heterocycles. The first-order chi connectivity index (χ1) is 19.3. The maximum absolute atomic E-state index is 12.3. The smallest absolute Gasteiger partial charge is 0.220 e. The van der Waals surface area contributed by atoms with Gasteiger partial charge in [0.1, 0.15) is 24.4 Å². The van der Waals surface area contributed by atoms with Gasteiger partial charge in [0.05, 0.1) is 25.4 Å². The Kier molecular flexibility index (Phi) is 21.3. The predicted octanol–water partition coefficient (Wildman–Crippen LogP) is 3.65. The lowest BCUT2D eigenvalue weighted by Crippen LogP contribution is -2.60. The van der Waals surface area contributed by atoms with Crippen LogP contribution in [-0.4, -0.2) is 87.5 Å². The number of carbonyl (C=O) groups is 1. The third kappa shape index (κ3) is 15.6. The van der Waals surface area contributed by atoms with Crippen LogP contribution in [0.1, 0.15) is 110 Å². The number of unbranched alkanes of at least 4 members (excludes halogenated alkanes) is 11. The Balaban J connectivity index is 2.43. The highest BCUT2D eigenvalue weighted by Crippen LogP contribution is 2.22. The van der Waals surface area contributed by atoms with Crippen LogP contribution in [0.3, 0.4) is 0 Å². The van der Waals surface area contributed by atoms with Gasteiger partial charge in [-0.2, -0.15) is 0 Å². The van der Waals surface area contributed by atoms with Crippen molar-refractivity contribution in [3.05, 3.63) is 24.3 Å². The molecule has 0 aromatic carbocycles. The number of allylic oxidation sites excluding steroid dienone is 3. The van der Waals surface area contributed by atoms with Crippen LogP contribution < -0.4 is 5.32 Å². The van der Waals surface area contributed by atoms with E-state index in [1.807, 2.05) is 13.0 Å². The lowest BCUT2D eigenvalue weighted by Gasteiger charge is -2.40. The molecule has 0 aliphatic carbocycles. The molecule has 9 nitrogen and oxygen atoms in total. The lowest BCUT2D eigenvalue weighted by molar-refractivity contribution is -0.302. The molecule has 40 heavy (non-hydrogen) atoms. The normalized spacial score (nSPS) is 25.0. The van der Waals surface area contributed by atoms with Crippen LogP contribution in [0, 0.1) is 0 Å². The maximum atomic E-state index is 12.3. The number of ether oxygens (including phenoxy) is 2. The highest BCUT2D eigenvalue weighted by atomic mass is 16.7. The Bertz CT molecular complexity index is 686. The summed E-state index contributed by atoms with van der Waals surface area (Å²) >= 11 is 0. The standard InChI is InChI=1S/C31H57NO8/c1-3-5-7-8-9-10-11-12-13-14-15-16-17-18-19-20-25(34)24(32-27(35)21-6-4-2)23-39-31-30(38)29(37)28(36)26(22-33)40-31/h15-16,19-20,24-26,28-31,33-34,36-38H,3-14,17-18,21-23H2,1-2H3,(H,32,35)/b16-15+,20-19+. The highest BCUT2D eigenvalue weighted by molar-refractivity contribution is 5.76. The fourth-order valence-corrected chi connectivity index (χ4v) is 4.62. The Morgan fingerprint density at radius 3 is 2.08 bits per heavy atom. The quantitative estimate of drug-likeness (QED) is 0.0804. The monoisotopic (exact) mass is 571 g/mol. The van der Waals surface area contributed by atoms with Crippen molar-refractivity contribution >= 4 is 5.91 Å². The van der Waals surface area contributed by atoms with Crippen molar-refractivity contribution in [2.45, 2.75) is 153 Å². The molecule has 1 fully saturated rings. The second-order valence-electron chi connectivity index (χ2n) is 10.9. The Hall–Kier alpha value is -1.33. The van der Waals surface area contributed by atoms with Gasteiger partial charge >= 0.3 is 0 Å². The largest absolute Gasteiger partial charge is 0.394 e. The number of rotatable bonds is 23. The van der Waals surface area contributed by atoms with E-state index in [0.717, 1.165) is 25.7 Å². The van der Waals surface area contributed by atoms with Gasteiger partial charge in [-0.15, -0.1) is 0 Å². The maximum Gasteiger partial charge on any atom is 0.220 e. The van der Waals surface area contributed by atoms with E-state index in [1.54, 1.807) is 6.08 Å². The van der Waals surface area contributed by atoms with E-state index in [9.17, 15) is 30.3 Å². The van der Waals surface area contributed by atoms with Crippen molar-refractivity contribution in [1.82, 2.24) is 5.32 Å². The van der Waals surface area contributed by atoms with Gasteiger partial charge in [-0.3, -0.25) is 4.79 Å². The Morgan fingerprint density at radius 2 is 1.43 bits per heavy atom. The minimum absolute atomic E-state index is 0.204. The number of nitrogens with one attached hydrogen (secondary N) is 1. The van der Waals surface area contributed by atoms with Crippen molar-refractivity contribution in [3.8, 4) is 0 Å². The molecule has 1 aliphatic rings. The zero-order valence-electron chi connectivity index (χ0n) is 24.8. The number of hydrogen-bond donors (Lipinski definition) is 6. The third-order valence-electron chi connectivity index (χ3n) is 7.28. The molecule has 0 aromatic rings. The SMILES string of the molecule is CCCCCCCCCCC/C=C/CC/C=C/C(O)C(COC1OC(CO)C(O)C(O)C1O)NC(=O)CCCC. The van der Waals surface area contributed by atoms with E-state index >= 15 is 0 Å². The summed E-state index contributed by atoms with van der Waals surface area (Å²) in [5.41, 5.74) is 0. The van der Waals surface area contributed by atoms with Gasteiger partial charge in [-0.05, 0) is 32.1 Å². The van der Waals surface area contributed by atoms with Gasteiger partial charge in [-0.1, -0.05) is 95.9 Å². The highest BCUT2D eigenvalue weighted by Gasteiger charge is 2.44. The summed E-state index contributed by atoms with van der Waals surface area (Å²) in [4.78, 5) is 12.3. The summed E-state index contributed by atoms with van der Waals surface area (Å²) in [6.45, 7) is 3.45. The van der Waals surface area contributed by atoms with E-state index in [-0.39, 0.29) is 12.5 Å². The molecule has 0 bridgehead atoms. The second-order valence-corrected chi connectivity index (χ2v) is 10.9. The zero-order chi connectivity index (χ0) is 29.6. The summed E-state index contributed by atoms with van der Waals surface area (Å²) in [6, 6.07) is -0.810. The molecule has 1 rings (SSSR count). The lowest BCUT2D eigenvalue weighted by atomic mass is 9.99. The van der Waals surface area contributed by atoms with Crippen molar-refractivity contribution in [3.63, 3.8) is 0 Å². The van der Waals surface area contributed by atoms with Crippen LogP contribution >= 0.6 is 0 Å².